The second kappa shape index (κ2) is 5.43. The maximum atomic E-state index is 13.5. The lowest BCUT2D eigenvalue weighted by molar-refractivity contribution is -0.390. The molecule has 20 heavy (non-hydrogen) atoms. The summed E-state index contributed by atoms with van der Waals surface area (Å²) in [6.45, 7) is 0.647. The van der Waals surface area contributed by atoms with E-state index in [1.807, 2.05) is 0 Å². The topological polar surface area (TPSA) is 89.8 Å². The van der Waals surface area contributed by atoms with Gasteiger partial charge in [-0.2, -0.15) is 8.70 Å². The summed E-state index contributed by atoms with van der Waals surface area (Å²) >= 11 is 0. The van der Waals surface area contributed by atoms with Crippen LogP contribution in [0.4, 0.5) is 10.1 Å². The highest BCUT2D eigenvalue weighted by atomic mass is 32.2. The van der Waals surface area contributed by atoms with Crippen LogP contribution in [0.5, 0.6) is 0 Å². The molecule has 1 aromatic carbocycles. The molecule has 0 aliphatic carbocycles. The van der Waals surface area contributed by atoms with Gasteiger partial charge in [-0.3, -0.25) is 10.1 Å². The minimum absolute atomic E-state index is 0.221. The van der Waals surface area contributed by atoms with Crippen LogP contribution in [-0.2, 0) is 14.8 Å². The summed E-state index contributed by atoms with van der Waals surface area (Å²) in [6, 6.07) is 2.62. The quantitative estimate of drug-likeness (QED) is 0.614. The number of nitro benzene ring substituents is 1. The maximum absolute atomic E-state index is 13.5. The van der Waals surface area contributed by atoms with Gasteiger partial charge in [-0.1, -0.05) is 6.07 Å². The molecule has 110 valence electrons. The van der Waals surface area contributed by atoms with E-state index in [1.165, 1.54) is 7.05 Å². The molecule has 1 saturated heterocycles. The number of para-hydroxylation sites is 1. The lowest BCUT2D eigenvalue weighted by Crippen LogP contribution is -2.37. The van der Waals surface area contributed by atoms with E-state index in [-0.39, 0.29) is 6.61 Å². The van der Waals surface area contributed by atoms with E-state index >= 15 is 0 Å². The van der Waals surface area contributed by atoms with Crippen LogP contribution in [0.3, 0.4) is 0 Å². The monoisotopic (exact) mass is 304 g/mol. The fraction of sp³-hybridized carbons (Fsp3) is 0.455. The molecule has 7 nitrogen and oxygen atoms in total. The molecule has 0 spiro atoms. The SMILES string of the molecule is CN(C1CCOC1)S(=O)(=O)c1cccc(F)c1[N+](=O)[O-]. The summed E-state index contributed by atoms with van der Waals surface area (Å²) in [5.74, 6) is -1.17. The van der Waals surface area contributed by atoms with Gasteiger partial charge < -0.3 is 4.74 Å². The Morgan fingerprint density at radius 3 is 2.75 bits per heavy atom. The highest BCUT2D eigenvalue weighted by Crippen LogP contribution is 2.30. The predicted molar refractivity (Wildman–Crippen MR) is 67.2 cm³/mol. The van der Waals surface area contributed by atoms with Gasteiger partial charge in [0.25, 0.3) is 0 Å². The number of rotatable bonds is 4. The van der Waals surface area contributed by atoms with Gasteiger partial charge in [0.1, 0.15) is 0 Å². The van der Waals surface area contributed by atoms with E-state index in [0.717, 1.165) is 22.5 Å². The summed E-state index contributed by atoms with van der Waals surface area (Å²) in [5.41, 5.74) is -1.03. The molecule has 1 atom stereocenters. The Morgan fingerprint density at radius 1 is 1.50 bits per heavy atom. The molecule has 1 heterocycles. The van der Waals surface area contributed by atoms with Crippen LogP contribution in [-0.4, -0.2) is 43.9 Å². The van der Waals surface area contributed by atoms with E-state index in [1.54, 1.807) is 0 Å². The minimum Gasteiger partial charge on any atom is -0.380 e. The average Bonchev–Trinajstić information content (AvgIpc) is 2.90. The Balaban J connectivity index is 2.49. The average molecular weight is 304 g/mol. The largest absolute Gasteiger partial charge is 0.380 e. The van der Waals surface area contributed by atoms with E-state index in [4.69, 9.17) is 4.74 Å². The number of likely N-dealkylation sites (N-methyl/N-ethyl adjacent to an activating group) is 1. The number of hydrogen-bond acceptors (Lipinski definition) is 5. The van der Waals surface area contributed by atoms with Crippen molar-refractivity contribution in [2.45, 2.75) is 17.4 Å². The molecule has 1 aromatic rings. The van der Waals surface area contributed by atoms with Crippen LogP contribution in [0, 0.1) is 15.9 Å². The molecule has 9 heteroatoms. The summed E-state index contributed by atoms with van der Waals surface area (Å²) in [4.78, 5) is 9.22. The second-order valence-corrected chi connectivity index (χ2v) is 6.35. The van der Waals surface area contributed by atoms with Crippen molar-refractivity contribution >= 4 is 15.7 Å². The maximum Gasteiger partial charge on any atom is 0.324 e. The van der Waals surface area contributed by atoms with Gasteiger partial charge in [0.2, 0.25) is 15.8 Å². The highest BCUT2D eigenvalue weighted by molar-refractivity contribution is 7.89. The van der Waals surface area contributed by atoms with Crippen molar-refractivity contribution in [1.82, 2.24) is 4.31 Å². The fourth-order valence-electron chi connectivity index (χ4n) is 2.04. The van der Waals surface area contributed by atoms with Gasteiger partial charge in [0, 0.05) is 13.7 Å². The summed E-state index contributed by atoms with van der Waals surface area (Å²) < 4.78 is 44.4. The third kappa shape index (κ3) is 2.51. The number of sulfonamides is 1. The molecule has 2 rings (SSSR count). The highest BCUT2D eigenvalue weighted by Gasteiger charge is 2.36. The van der Waals surface area contributed by atoms with E-state index in [2.05, 4.69) is 0 Å². The summed E-state index contributed by atoms with van der Waals surface area (Å²) in [7, 11) is -2.84. The van der Waals surface area contributed by atoms with Crippen LogP contribution in [0.25, 0.3) is 0 Å². The lowest BCUT2D eigenvalue weighted by Gasteiger charge is -2.22. The number of nitrogens with zero attached hydrogens (tertiary/aromatic N) is 2. The number of ether oxygens (including phenoxy) is 1. The van der Waals surface area contributed by atoms with Gasteiger partial charge in [-0.05, 0) is 18.6 Å². The zero-order chi connectivity index (χ0) is 14.9. The van der Waals surface area contributed by atoms with Crippen molar-refractivity contribution in [2.75, 3.05) is 20.3 Å². The molecule has 1 aliphatic heterocycles. The third-order valence-corrected chi connectivity index (χ3v) is 5.15. The predicted octanol–water partition coefficient (Wildman–Crippen LogP) is 1.14. The molecule has 0 aromatic heterocycles. The van der Waals surface area contributed by atoms with Gasteiger partial charge >= 0.3 is 5.69 Å². The Morgan fingerprint density at radius 2 is 2.20 bits per heavy atom. The molecule has 0 radical (unpaired) electrons. The molecular formula is C11H13FN2O5S. The Labute approximate surface area is 115 Å². The second-order valence-electron chi connectivity index (χ2n) is 4.38. The smallest absolute Gasteiger partial charge is 0.324 e. The van der Waals surface area contributed by atoms with E-state index in [0.29, 0.717) is 13.0 Å². The molecule has 0 amide bonds. The van der Waals surface area contributed by atoms with Crippen molar-refractivity contribution in [3.8, 4) is 0 Å². The first-order valence-corrected chi connectivity index (χ1v) is 7.28. The molecular weight excluding hydrogens is 291 g/mol. The first kappa shape index (κ1) is 14.8. The number of nitro groups is 1. The van der Waals surface area contributed by atoms with E-state index < -0.39 is 37.4 Å². The Bertz CT molecular complexity index is 628. The van der Waals surface area contributed by atoms with Crippen molar-refractivity contribution in [2.24, 2.45) is 0 Å². The third-order valence-electron chi connectivity index (χ3n) is 3.21. The van der Waals surface area contributed by atoms with E-state index in [9.17, 15) is 22.9 Å². The number of benzene rings is 1. The zero-order valence-corrected chi connectivity index (χ0v) is 11.5. The van der Waals surface area contributed by atoms with Gasteiger partial charge in [-0.15, -0.1) is 0 Å². The normalized spacial score (nSPS) is 19.4. The minimum atomic E-state index is -4.15. The van der Waals surface area contributed by atoms with Crippen molar-refractivity contribution in [1.29, 1.82) is 0 Å². The van der Waals surface area contributed by atoms with Crippen LogP contribution >= 0.6 is 0 Å². The summed E-state index contributed by atoms with van der Waals surface area (Å²) in [5, 5.41) is 10.9. The van der Waals surface area contributed by atoms with Crippen LogP contribution in [0.1, 0.15) is 6.42 Å². The van der Waals surface area contributed by atoms with Crippen LogP contribution in [0.15, 0.2) is 23.1 Å². The first-order valence-electron chi connectivity index (χ1n) is 5.84. The Hall–Kier alpha value is -1.58. The molecule has 0 bridgehead atoms. The molecule has 1 fully saturated rings. The standard InChI is InChI=1S/C11H13FN2O5S/c1-13(8-5-6-19-7-8)20(17,18)10-4-2-3-9(12)11(10)14(15)16/h2-4,8H,5-7H2,1H3. The van der Waals surface area contributed by atoms with Gasteiger partial charge in [-0.25, -0.2) is 8.42 Å². The first-order chi connectivity index (χ1) is 9.35. The zero-order valence-electron chi connectivity index (χ0n) is 10.7. The molecule has 1 unspecified atom stereocenters. The Kier molecular flexibility index (Phi) is 4.02. The van der Waals surface area contributed by atoms with Gasteiger partial charge in [0.05, 0.1) is 17.6 Å². The number of hydrogen-bond donors (Lipinski definition) is 0. The molecule has 0 N–H and O–H groups in total. The van der Waals surface area contributed by atoms with Crippen molar-refractivity contribution in [3.63, 3.8) is 0 Å². The van der Waals surface area contributed by atoms with Gasteiger partial charge in [0.15, 0.2) is 4.90 Å². The van der Waals surface area contributed by atoms with Crippen LogP contribution in [0.2, 0.25) is 0 Å². The van der Waals surface area contributed by atoms with Crippen LogP contribution < -0.4 is 0 Å². The van der Waals surface area contributed by atoms with Crippen molar-refractivity contribution < 1.29 is 22.5 Å². The number of halogens is 1. The molecule has 1 aliphatic rings. The fourth-order valence-corrected chi connectivity index (χ4v) is 3.58. The summed E-state index contributed by atoms with van der Waals surface area (Å²) in [6.07, 6.45) is 0.499. The lowest BCUT2D eigenvalue weighted by atomic mass is 10.3. The van der Waals surface area contributed by atoms with Crippen molar-refractivity contribution in [3.05, 3.63) is 34.1 Å². The molecule has 0 saturated carbocycles.